The third-order valence-electron chi connectivity index (χ3n) is 4.85. The van der Waals surface area contributed by atoms with Gasteiger partial charge in [-0.1, -0.05) is 103 Å². The highest BCUT2D eigenvalue weighted by Crippen LogP contribution is 2.35. The molecule has 0 fully saturated rings. The predicted molar refractivity (Wildman–Crippen MR) is 131 cm³/mol. The highest BCUT2D eigenvalue weighted by atomic mass is 31.2. The summed E-state index contributed by atoms with van der Waals surface area (Å²) in [5, 5.41) is 18.8. The van der Waals surface area contributed by atoms with Crippen molar-refractivity contribution in [2.24, 2.45) is 0 Å². The van der Waals surface area contributed by atoms with Crippen LogP contribution in [0.5, 0.6) is 0 Å². The van der Waals surface area contributed by atoms with E-state index >= 15 is 0 Å². The summed E-state index contributed by atoms with van der Waals surface area (Å²) < 4.78 is 14.5. The Morgan fingerprint density at radius 3 is 1.39 bits per heavy atom. The van der Waals surface area contributed by atoms with E-state index < -0.39 is 7.82 Å². The van der Waals surface area contributed by atoms with Gasteiger partial charge < -0.3 is 20.0 Å². The molecule has 0 aromatic rings. The minimum atomic E-state index is -4.22. The fourth-order valence-corrected chi connectivity index (χ4v) is 3.44. The van der Waals surface area contributed by atoms with Gasteiger partial charge in [-0.15, -0.1) is 0 Å². The van der Waals surface area contributed by atoms with Crippen molar-refractivity contribution >= 4 is 7.82 Å². The van der Waals surface area contributed by atoms with E-state index in [0.717, 1.165) is 32.1 Å². The van der Waals surface area contributed by atoms with Crippen molar-refractivity contribution in [3.8, 4) is 0 Å². The Balaban J connectivity index is 0. The number of hydroxylamine groups is 2. The van der Waals surface area contributed by atoms with Crippen LogP contribution in [0.4, 0.5) is 0 Å². The highest BCUT2D eigenvalue weighted by Gasteiger charge is 2.12. The Bertz CT molecular complexity index is 404. The van der Waals surface area contributed by atoms with E-state index in [2.05, 4.69) is 18.4 Å². The lowest BCUT2D eigenvalue weighted by Gasteiger charge is -2.20. The molecule has 0 saturated carbocycles. The lowest BCUT2D eigenvalue weighted by Crippen LogP contribution is -2.28. The average molecular weight is 502 g/mol. The number of unbranched alkanes of at least 4 members (excludes halogenated alkanes) is 13. The average Bonchev–Trinajstić information content (AvgIpc) is 2.78. The van der Waals surface area contributed by atoms with Crippen LogP contribution in [0.3, 0.4) is 0 Å². The van der Waals surface area contributed by atoms with E-state index in [-0.39, 0.29) is 33.0 Å². The van der Waals surface area contributed by atoms with Gasteiger partial charge >= 0.3 is 7.82 Å². The lowest BCUT2D eigenvalue weighted by molar-refractivity contribution is -0.371. The SMILES string of the molecule is CCCCCCCCCCCCN(OCCO)OCCO.CCCCCCCOP(=O)(O)O. The molecule has 0 aromatic carbocycles. The van der Waals surface area contributed by atoms with Crippen molar-refractivity contribution in [2.75, 3.05) is 39.6 Å². The van der Waals surface area contributed by atoms with Gasteiger partial charge in [0.05, 0.1) is 39.6 Å². The van der Waals surface area contributed by atoms with E-state index in [0.29, 0.717) is 6.54 Å². The molecular formula is C23H52NO8P. The predicted octanol–water partition coefficient (Wildman–Crippen LogP) is 5.12. The van der Waals surface area contributed by atoms with Crippen LogP contribution in [-0.2, 0) is 18.8 Å². The molecule has 0 rings (SSSR count). The maximum atomic E-state index is 10.2. The molecule has 0 amide bonds. The van der Waals surface area contributed by atoms with Crippen molar-refractivity contribution < 1.29 is 38.8 Å². The van der Waals surface area contributed by atoms with Crippen LogP contribution in [0.2, 0.25) is 0 Å². The van der Waals surface area contributed by atoms with Crippen LogP contribution >= 0.6 is 7.82 Å². The molecule has 0 bridgehead atoms. The number of aliphatic hydroxyl groups excluding tert-OH is 2. The van der Waals surface area contributed by atoms with Crippen LogP contribution in [0.25, 0.3) is 0 Å². The Kier molecular flexibility index (Phi) is 29.9. The smallest absolute Gasteiger partial charge is 0.394 e. The summed E-state index contributed by atoms with van der Waals surface area (Å²) in [4.78, 5) is 27.1. The van der Waals surface area contributed by atoms with E-state index in [1.54, 1.807) is 0 Å². The normalized spacial score (nSPS) is 11.6. The maximum absolute atomic E-state index is 10.2. The summed E-state index contributed by atoms with van der Waals surface area (Å²) in [5.74, 6) is 0. The molecule has 0 aromatic heterocycles. The number of rotatable bonds is 24. The number of phosphoric ester groups is 1. The molecule has 0 heterocycles. The van der Waals surface area contributed by atoms with Gasteiger partial charge in [0, 0.05) is 0 Å². The first kappa shape index (κ1) is 35.1. The van der Waals surface area contributed by atoms with Crippen molar-refractivity contribution in [1.82, 2.24) is 5.23 Å². The zero-order chi connectivity index (χ0) is 25.0. The summed E-state index contributed by atoms with van der Waals surface area (Å²) >= 11 is 0. The second kappa shape index (κ2) is 28.1. The molecule has 202 valence electrons. The van der Waals surface area contributed by atoms with Gasteiger partial charge in [-0.2, -0.15) is 0 Å². The summed E-state index contributed by atoms with van der Waals surface area (Å²) in [7, 11) is -4.22. The third kappa shape index (κ3) is 34.2. The molecule has 0 aliphatic carbocycles. The van der Waals surface area contributed by atoms with Crippen LogP contribution in [0.15, 0.2) is 0 Å². The van der Waals surface area contributed by atoms with Gasteiger partial charge in [-0.05, 0) is 12.8 Å². The molecule has 0 spiro atoms. The number of hydrogen-bond donors (Lipinski definition) is 4. The van der Waals surface area contributed by atoms with E-state index in [4.69, 9.17) is 29.7 Å². The molecular weight excluding hydrogens is 449 g/mol. The maximum Gasteiger partial charge on any atom is 0.469 e. The fourth-order valence-electron chi connectivity index (χ4n) is 3.07. The monoisotopic (exact) mass is 501 g/mol. The molecule has 0 unspecified atom stereocenters. The first-order valence-corrected chi connectivity index (χ1v) is 14.4. The second-order valence-electron chi connectivity index (χ2n) is 8.09. The van der Waals surface area contributed by atoms with Crippen molar-refractivity contribution in [2.45, 2.75) is 110 Å². The van der Waals surface area contributed by atoms with Crippen molar-refractivity contribution in [1.29, 1.82) is 0 Å². The van der Waals surface area contributed by atoms with Crippen molar-refractivity contribution in [3.63, 3.8) is 0 Å². The number of phosphoric acid groups is 1. The highest BCUT2D eigenvalue weighted by molar-refractivity contribution is 7.46. The van der Waals surface area contributed by atoms with Crippen LogP contribution in [-0.4, -0.2) is 64.8 Å². The van der Waals surface area contributed by atoms with Crippen LogP contribution in [0, 0.1) is 0 Å². The number of aliphatic hydroxyl groups is 2. The zero-order valence-corrected chi connectivity index (χ0v) is 22.1. The largest absolute Gasteiger partial charge is 0.469 e. The summed E-state index contributed by atoms with van der Waals surface area (Å²) in [6.45, 7) is 5.59. The van der Waals surface area contributed by atoms with E-state index in [1.807, 2.05) is 0 Å². The second-order valence-corrected chi connectivity index (χ2v) is 9.33. The van der Waals surface area contributed by atoms with Gasteiger partial charge in [0.1, 0.15) is 0 Å². The minimum Gasteiger partial charge on any atom is -0.394 e. The Morgan fingerprint density at radius 2 is 1.00 bits per heavy atom. The van der Waals surface area contributed by atoms with Crippen LogP contribution < -0.4 is 0 Å². The van der Waals surface area contributed by atoms with E-state index in [9.17, 15) is 4.57 Å². The standard InChI is InChI=1S/C16H35NO4.C7H17O4P/c1-2-3-4-5-6-7-8-9-10-11-12-17(20-15-13-18)21-16-14-19;1-2-3-4-5-6-7-11-12(8,9)10/h18-19H,2-16H2,1H3;2-7H2,1H3,(H2,8,9,10). The lowest BCUT2D eigenvalue weighted by atomic mass is 10.1. The molecule has 0 aliphatic rings. The van der Waals surface area contributed by atoms with Gasteiger partial charge in [0.25, 0.3) is 0 Å². The Morgan fingerprint density at radius 1 is 0.606 bits per heavy atom. The summed E-state index contributed by atoms with van der Waals surface area (Å²) in [5.41, 5.74) is 0. The molecule has 4 N–H and O–H groups in total. The van der Waals surface area contributed by atoms with Gasteiger partial charge in [-0.3, -0.25) is 14.2 Å². The number of hydrogen-bond acceptors (Lipinski definition) is 7. The molecule has 0 saturated heterocycles. The van der Waals surface area contributed by atoms with Gasteiger partial charge in [0.15, 0.2) is 0 Å². The number of nitrogens with zero attached hydrogens (tertiary/aromatic N) is 1. The van der Waals surface area contributed by atoms with Gasteiger partial charge in [-0.25, -0.2) is 4.57 Å². The molecule has 10 heteroatoms. The third-order valence-corrected chi connectivity index (χ3v) is 5.37. The first-order chi connectivity index (χ1) is 15.9. The molecule has 0 atom stereocenters. The zero-order valence-electron chi connectivity index (χ0n) is 21.2. The Hall–Kier alpha value is -0.0900. The molecule has 0 aliphatic heterocycles. The van der Waals surface area contributed by atoms with Crippen LogP contribution in [0.1, 0.15) is 110 Å². The minimum absolute atomic E-state index is 0.0307. The first-order valence-electron chi connectivity index (χ1n) is 12.9. The van der Waals surface area contributed by atoms with Crippen molar-refractivity contribution in [3.05, 3.63) is 0 Å². The summed E-state index contributed by atoms with van der Waals surface area (Å²) in [6.07, 6.45) is 18.0. The quantitative estimate of drug-likeness (QED) is 0.0808. The van der Waals surface area contributed by atoms with Gasteiger partial charge in [0.2, 0.25) is 0 Å². The molecule has 33 heavy (non-hydrogen) atoms. The molecule has 9 nitrogen and oxygen atoms in total. The topological polar surface area (TPSA) is 129 Å². The summed E-state index contributed by atoms with van der Waals surface area (Å²) in [6, 6.07) is 0. The molecule has 0 radical (unpaired) electrons. The Labute approximate surface area is 202 Å². The fraction of sp³-hybridized carbons (Fsp3) is 1.00. The van der Waals surface area contributed by atoms with E-state index in [1.165, 1.54) is 69.4 Å².